The number of pyridine rings is 1. The van der Waals surface area contributed by atoms with E-state index in [0.29, 0.717) is 17.0 Å². The monoisotopic (exact) mass is 313 g/mol. The van der Waals surface area contributed by atoms with Gasteiger partial charge in [-0.25, -0.2) is 4.79 Å². The number of hydrogen-bond donors (Lipinski definition) is 2. The van der Waals surface area contributed by atoms with Gasteiger partial charge in [0.1, 0.15) is 0 Å². The largest absolute Gasteiger partial charge is 0.329 e. The van der Waals surface area contributed by atoms with Gasteiger partial charge in [0.05, 0.1) is 0 Å². The molecule has 1 aliphatic heterocycles. The number of nitrogens with zero attached hydrogens (tertiary/aromatic N) is 1. The van der Waals surface area contributed by atoms with E-state index in [2.05, 4.69) is 38.0 Å². The van der Waals surface area contributed by atoms with Gasteiger partial charge in [-0.3, -0.25) is 4.79 Å². The van der Waals surface area contributed by atoms with Crippen molar-refractivity contribution in [2.24, 2.45) is 11.3 Å². The lowest BCUT2D eigenvalue weighted by atomic mass is 9.70. The van der Waals surface area contributed by atoms with Gasteiger partial charge in [-0.1, -0.05) is 33.8 Å². The van der Waals surface area contributed by atoms with Gasteiger partial charge in [0.15, 0.2) is 0 Å². The quantitative estimate of drug-likeness (QED) is 0.892. The zero-order chi connectivity index (χ0) is 16.8. The molecule has 0 saturated carbocycles. The smallest absolute Gasteiger partial charge is 0.322 e. The van der Waals surface area contributed by atoms with Crippen molar-refractivity contribution < 1.29 is 4.79 Å². The van der Waals surface area contributed by atoms with Gasteiger partial charge < -0.3 is 15.2 Å². The third-order valence-electron chi connectivity index (χ3n) is 4.63. The maximum atomic E-state index is 12.5. The molecule has 2 amide bonds. The van der Waals surface area contributed by atoms with E-state index < -0.39 is 0 Å². The highest BCUT2D eigenvalue weighted by Crippen LogP contribution is 2.41. The number of amides is 2. The van der Waals surface area contributed by atoms with Crippen LogP contribution in [-0.2, 0) is 0 Å². The zero-order valence-electron chi connectivity index (χ0n) is 14.0. The summed E-state index contributed by atoms with van der Waals surface area (Å²) in [5.74, 6) is 0.406. The first-order valence-electron chi connectivity index (χ1n) is 7.99. The summed E-state index contributed by atoms with van der Waals surface area (Å²) in [7, 11) is 0. The Balaban J connectivity index is 1.81. The molecule has 2 heterocycles. The third kappa shape index (κ3) is 2.71. The highest BCUT2D eigenvalue weighted by Gasteiger charge is 2.49. The molecule has 1 aliphatic rings. The number of carbonyl (C=O) groups excluding carboxylic acids is 1. The Kier molecular flexibility index (Phi) is 3.66. The Hall–Kier alpha value is -2.30. The number of H-pyrrole nitrogens is 1. The first-order valence-corrected chi connectivity index (χ1v) is 7.99. The minimum Gasteiger partial charge on any atom is -0.329 e. The topological polar surface area (TPSA) is 65.2 Å². The number of likely N-dealkylation sites (tertiary alicyclic amines) is 1. The summed E-state index contributed by atoms with van der Waals surface area (Å²) in [6, 6.07) is 7.37. The number of aromatic amines is 1. The van der Waals surface area contributed by atoms with Gasteiger partial charge in [-0.2, -0.15) is 0 Å². The Morgan fingerprint density at radius 1 is 1.35 bits per heavy atom. The van der Waals surface area contributed by atoms with Crippen LogP contribution in [0.25, 0.3) is 10.8 Å². The summed E-state index contributed by atoms with van der Waals surface area (Å²) in [6.45, 7) is 9.41. The second kappa shape index (κ2) is 5.41. The lowest BCUT2D eigenvalue weighted by molar-refractivity contribution is -0.0363. The molecule has 1 saturated heterocycles. The molecule has 2 N–H and O–H groups in total. The molecule has 1 atom stereocenters. The number of anilines is 1. The fraction of sp³-hybridized carbons (Fsp3) is 0.444. The Morgan fingerprint density at radius 2 is 2.09 bits per heavy atom. The van der Waals surface area contributed by atoms with E-state index in [1.54, 1.807) is 12.3 Å². The van der Waals surface area contributed by atoms with Crippen LogP contribution < -0.4 is 10.9 Å². The number of rotatable bonds is 2. The van der Waals surface area contributed by atoms with Crippen molar-refractivity contribution in [3.05, 3.63) is 40.8 Å². The number of hydrogen-bond acceptors (Lipinski definition) is 2. The van der Waals surface area contributed by atoms with Gasteiger partial charge in [0, 0.05) is 35.3 Å². The van der Waals surface area contributed by atoms with E-state index in [1.165, 1.54) is 0 Å². The van der Waals surface area contributed by atoms with Crippen molar-refractivity contribution in [2.45, 2.75) is 33.7 Å². The Bertz CT molecular complexity index is 807. The van der Waals surface area contributed by atoms with Crippen LogP contribution in [0.2, 0.25) is 0 Å². The highest BCUT2D eigenvalue weighted by atomic mass is 16.2. The summed E-state index contributed by atoms with van der Waals surface area (Å²) in [5, 5.41) is 4.36. The zero-order valence-corrected chi connectivity index (χ0v) is 14.0. The SMILES string of the molecule is CC(C)C1N(C(=O)Nc2ccc3cc[nH]c(=O)c3c2)CC1(C)C. The molecule has 0 aliphatic carbocycles. The summed E-state index contributed by atoms with van der Waals surface area (Å²) in [5.41, 5.74) is 0.640. The molecule has 3 rings (SSSR count). The molecular weight excluding hydrogens is 290 g/mol. The molecular formula is C18H23N3O2. The second-order valence-electron chi connectivity index (χ2n) is 7.34. The fourth-order valence-electron chi connectivity index (χ4n) is 3.86. The standard InChI is InChI=1S/C18H23N3O2/c1-11(2)15-18(3,4)10-21(15)17(23)20-13-6-5-12-7-8-19-16(22)14(12)9-13/h5-9,11,15H,10H2,1-4H3,(H,19,22)(H,20,23). The van der Waals surface area contributed by atoms with E-state index in [9.17, 15) is 9.59 Å². The molecule has 23 heavy (non-hydrogen) atoms. The van der Waals surface area contributed by atoms with Gasteiger partial charge in [-0.15, -0.1) is 0 Å². The van der Waals surface area contributed by atoms with Crippen LogP contribution in [0.1, 0.15) is 27.7 Å². The van der Waals surface area contributed by atoms with Crippen LogP contribution >= 0.6 is 0 Å². The first-order chi connectivity index (χ1) is 10.8. The van der Waals surface area contributed by atoms with Crippen molar-refractivity contribution in [2.75, 3.05) is 11.9 Å². The van der Waals surface area contributed by atoms with E-state index in [0.717, 1.165) is 11.9 Å². The molecule has 5 nitrogen and oxygen atoms in total. The van der Waals surface area contributed by atoms with Crippen LogP contribution in [0.15, 0.2) is 35.3 Å². The summed E-state index contributed by atoms with van der Waals surface area (Å²) in [6.07, 6.45) is 1.62. The van der Waals surface area contributed by atoms with E-state index in [-0.39, 0.29) is 23.0 Å². The van der Waals surface area contributed by atoms with Gasteiger partial charge >= 0.3 is 6.03 Å². The van der Waals surface area contributed by atoms with E-state index in [1.807, 2.05) is 23.1 Å². The minimum absolute atomic E-state index is 0.102. The third-order valence-corrected chi connectivity index (χ3v) is 4.63. The minimum atomic E-state index is -0.149. The first kappa shape index (κ1) is 15.6. The van der Waals surface area contributed by atoms with Gasteiger partial charge in [0.25, 0.3) is 5.56 Å². The Morgan fingerprint density at radius 3 is 2.74 bits per heavy atom. The molecule has 5 heteroatoms. The molecule has 1 unspecified atom stereocenters. The number of fused-ring (bicyclic) bond motifs is 1. The molecule has 1 aromatic heterocycles. The predicted octanol–water partition coefficient (Wildman–Crippen LogP) is 3.43. The highest BCUT2D eigenvalue weighted by molar-refractivity contribution is 5.93. The van der Waals surface area contributed by atoms with Gasteiger partial charge in [-0.05, 0) is 29.5 Å². The van der Waals surface area contributed by atoms with Crippen LogP contribution in [0.4, 0.5) is 10.5 Å². The average Bonchev–Trinajstić information content (AvgIpc) is 2.45. The lowest BCUT2D eigenvalue weighted by Crippen LogP contribution is -2.66. The van der Waals surface area contributed by atoms with Crippen molar-refractivity contribution in [1.82, 2.24) is 9.88 Å². The van der Waals surface area contributed by atoms with Crippen molar-refractivity contribution in [3.63, 3.8) is 0 Å². The number of nitrogens with one attached hydrogen (secondary N) is 2. The summed E-state index contributed by atoms with van der Waals surface area (Å²) in [4.78, 5) is 28.9. The maximum absolute atomic E-state index is 12.5. The molecule has 1 aromatic carbocycles. The van der Waals surface area contributed by atoms with Crippen LogP contribution in [0.3, 0.4) is 0 Å². The second-order valence-corrected chi connectivity index (χ2v) is 7.34. The molecule has 1 fully saturated rings. The molecule has 0 bridgehead atoms. The number of aromatic nitrogens is 1. The van der Waals surface area contributed by atoms with Crippen molar-refractivity contribution in [1.29, 1.82) is 0 Å². The molecule has 0 radical (unpaired) electrons. The van der Waals surface area contributed by atoms with Crippen molar-refractivity contribution in [3.8, 4) is 0 Å². The van der Waals surface area contributed by atoms with E-state index in [4.69, 9.17) is 0 Å². The summed E-state index contributed by atoms with van der Waals surface area (Å²) >= 11 is 0. The maximum Gasteiger partial charge on any atom is 0.322 e. The lowest BCUT2D eigenvalue weighted by Gasteiger charge is -2.56. The van der Waals surface area contributed by atoms with Crippen LogP contribution in [0, 0.1) is 11.3 Å². The number of benzene rings is 1. The molecule has 2 aromatic rings. The Labute approximate surface area is 135 Å². The van der Waals surface area contributed by atoms with Gasteiger partial charge in [0.2, 0.25) is 0 Å². The summed E-state index contributed by atoms with van der Waals surface area (Å²) < 4.78 is 0. The fourth-order valence-corrected chi connectivity index (χ4v) is 3.86. The normalized spacial score (nSPS) is 19.7. The predicted molar refractivity (Wildman–Crippen MR) is 92.7 cm³/mol. The van der Waals surface area contributed by atoms with Crippen molar-refractivity contribution >= 4 is 22.5 Å². The average molecular weight is 313 g/mol. The molecule has 0 spiro atoms. The van der Waals surface area contributed by atoms with Crippen LogP contribution in [0.5, 0.6) is 0 Å². The number of urea groups is 1. The van der Waals surface area contributed by atoms with E-state index >= 15 is 0 Å². The molecule has 122 valence electrons. The van der Waals surface area contributed by atoms with Crippen LogP contribution in [-0.4, -0.2) is 28.5 Å². The number of carbonyl (C=O) groups is 1.